The van der Waals surface area contributed by atoms with Crippen molar-refractivity contribution in [1.29, 1.82) is 0 Å². The SMILES string of the molecule is CC(=O)N(C)C1CCN(CCc2c[nH]c3ccccc23)C1. The minimum Gasteiger partial charge on any atom is -0.361 e. The molecule has 3 rings (SSSR count). The lowest BCUT2D eigenvalue weighted by molar-refractivity contribution is -0.129. The van der Waals surface area contributed by atoms with E-state index in [0.29, 0.717) is 6.04 Å². The smallest absolute Gasteiger partial charge is 0.219 e. The molecule has 0 spiro atoms. The summed E-state index contributed by atoms with van der Waals surface area (Å²) in [6.07, 6.45) is 4.27. The molecule has 4 nitrogen and oxygen atoms in total. The topological polar surface area (TPSA) is 39.3 Å². The highest BCUT2D eigenvalue weighted by atomic mass is 16.2. The summed E-state index contributed by atoms with van der Waals surface area (Å²) >= 11 is 0. The van der Waals surface area contributed by atoms with Gasteiger partial charge in [-0.25, -0.2) is 0 Å². The van der Waals surface area contributed by atoms with Gasteiger partial charge in [-0.1, -0.05) is 18.2 Å². The first-order valence-corrected chi connectivity index (χ1v) is 7.66. The lowest BCUT2D eigenvalue weighted by Crippen LogP contribution is -2.37. The number of likely N-dealkylation sites (tertiary alicyclic amines) is 1. The third kappa shape index (κ3) is 2.95. The fourth-order valence-corrected chi connectivity index (χ4v) is 3.21. The summed E-state index contributed by atoms with van der Waals surface area (Å²) < 4.78 is 0. The molecule has 1 aromatic carbocycles. The van der Waals surface area contributed by atoms with Crippen LogP contribution < -0.4 is 0 Å². The van der Waals surface area contributed by atoms with Gasteiger partial charge in [0.05, 0.1) is 0 Å². The second-order valence-corrected chi connectivity index (χ2v) is 5.98. The Bertz CT molecular complexity index is 634. The lowest BCUT2D eigenvalue weighted by atomic mass is 10.1. The van der Waals surface area contributed by atoms with E-state index in [-0.39, 0.29) is 5.91 Å². The van der Waals surface area contributed by atoms with Gasteiger partial charge in [-0.05, 0) is 24.5 Å². The number of nitrogens with one attached hydrogen (secondary N) is 1. The van der Waals surface area contributed by atoms with Gasteiger partial charge in [0.1, 0.15) is 0 Å². The summed E-state index contributed by atoms with van der Waals surface area (Å²) in [6, 6.07) is 8.83. The first-order chi connectivity index (χ1) is 10.1. The average molecular weight is 285 g/mol. The Morgan fingerprint density at radius 3 is 3.05 bits per heavy atom. The molecular weight excluding hydrogens is 262 g/mol. The maximum atomic E-state index is 11.4. The molecule has 4 heteroatoms. The quantitative estimate of drug-likeness (QED) is 0.936. The molecule has 1 saturated heterocycles. The number of hydrogen-bond acceptors (Lipinski definition) is 2. The predicted molar refractivity (Wildman–Crippen MR) is 85.3 cm³/mol. The molecule has 112 valence electrons. The van der Waals surface area contributed by atoms with Crippen molar-refractivity contribution in [3.63, 3.8) is 0 Å². The molecule has 1 fully saturated rings. The number of carbonyl (C=O) groups excluding carboxylic acids is 1. The van der Waals surface area contributed by atoms with Gasteiger partial charge >= 0.3 is 0 Å². The van der Waals surface area contributed by atoms with E-state index in [9.17, 15) is 4.79 Å². The number of para-hydroxylation sites is 1. The lowest BCUT2D eigenvalue weighted by Gasteiger charge is -2.23. The van der Waals surface area contributed by atoms with Crippen molar-refractivity contribution in [1.82, 2.24) is 14.8 Å². The Morgan fingerprint density at radius 2 is 2.24 bits per heavy atom. The third-order valence-corrected chi connectivity index (χ3v) is 4.66. The number of amides is 1. The molecule has 0 bridgehead atoms. The van der Waals surface area contributed by atoms with Gasteiger partial charge < -0.3 is 14.8 Å². The number of hydrogen-bond donors (Lipinski definition) is 1. The van der Waals surface area contributed by atoms with E-state index in [1.54, 1.807) is 6.92 Å². The van der Waals surface area contributed by atoms with E-state index in [1.807, 2.05) is 11.9 Å². The van der Waals surface area contributed by atoms with Crippen molar-refractivity contribution in [2.75, 3.05) is 26.7 Å². The van der Waals surface area contributed by atoms with E-state index in [1.165, 1.54) is 16.5 Å². The average Bonchev–Trinajstić information content (AvgIpc) is 3.11. The maximum Gasteiger partial charge on any atom is 0.219 e. The van der Waals surface area contributed by atoms with E-state index >= 15 is 0 Å². The highest BCUT2D eigenvalue weighted by Crippen LogP contribution is 2.20. The molecule has 1 unspecified atom stereocenters. The van der Waals surface area contributed by atoms with Gasteiger partial charge in [0.15, 0.2) is 0 Å². The Balaban J connectivity index is 1.58. The number of benzene rings is 1. The molecule has 2 heterocycles. The summed E-state index contributed by atoms with van der Waals surface area (Å²) in [5.74, 6) is 0.165. The minimum atomic E-state index is 0.165. The molecule has 1 amide bonds. The molecule has 1 atom stereocenters. The van der Waals surface area contributed by atoms with Crippen LogP contribution in [-0.4, -0.2) is 53.4 Å². The van der Waals surface area contributed by atoms with Crippen LogP contribution in [-0.2, 0) is 11.2 Å². The standard InChI is InChI=1S/C17H23N3O/c1-13(21)19(2)15-8-10-20(12-15)9-7-14-11-18-17-6-4-3-5-16(14)17/h3-6,11,15,18H,7-10,12H2,1-2H3. The van der Waals surface area contributed by atoms with Crippen LogP contribution in [0.25, 0.3) is 10.9 Å². The molecule has 2 aromatic rings. The van der Waals surface area contributed by atoms with Crippen molar-refractivity contribution < 1.29 is 4.79 Å². The molecule has 1 N–H and O–H groups in total. The van der Waals surface area contributed by atoms with Crippen molar-refractivity contribution in [3.05, 3.63) is 36.0 Å². The number of fused-ring (bicyclic) bond motifs is 1. The van der Waals surface area contributed by atoms with Gasteiger partial charge in [-0.3, -0.25) is 4.79 Å². The fourth-order valence-electron chi connectivity index (χ4n) is 3.21. The number of H-pyrrole nitrogens is 1. The summed E-state index contributed by atoms with van der Waals surface area (Å²) in [5, 5.41) is 1.33. The van der Waals surface area contributed by atoms with Crippen molar-refractivity contribution in [3.8, 4) is 0 Å². The zero-order chi connectivity index (χ0) is 14.8. The zero-order valence-electron chi connectivity index (χ0n) is 12.8. The second-order valence-electron chi connectivity index (χ2n) is 5.98. The first-order valence-electron chi connectivity index (χ1n) is 7.66. The molecule has 0 radical (unpaired) electrons. The van der Waals surface area contributed by atoms with E-state index < -0.39 is 0 Å². The van der Waals surface area contributed by atoms with Gasteiger partial charge in [0, 0.05) is 56.7 Å². The number of aromatic nitrogens is 1. The van der Waals surface area contributed by atoms with Gasteiger partial charge in [0.25, 0.3) is 0 Å². The summed E-state index contributed by atoms with van der Waals surface area (Å²) in [4.78, 5) is 19.1. The Kier molecular flexibility index (Phi) is 3.97. The van der Waals surface area contributed by atoms with Crippen LogP contribution in [0.1, 0.15) is 18.9 Å². The third-order valence-electron chi connectivity index (χ3n) is 4.66. The van der Waals surface area contributed by atoms with Crippen LogP contribution in [0, 0.1) is 0 Å². The Hall–Kier alpha value is -1.81. The second kappa shape index (κ2) is 5.90. The molecule has 0 saturated carbocycles. The van der Waals surface area contributed by atoms with Crippen LogP contribution in [0.3, 0.4) is 0 Å². The minimum absolute atomic E-state index is 0.165. The zero-order valence-corrected chi connectivity index (χ0v) is 12.8. The fraction of sp³-hybridized carbons (Fsp3) is 0.471. The van der Waals surface area contributed by atoms with Gasteiger partial charge in [-0.2, -0.15) is 0 Å². The van der Waals surface area contributed by atoms with Crippen molar-refractivity contribution in [2.45, 2.75) is 25.8 Å². The highest BCUT2D eigenvalue weighted by molar-refractivity contribution is 5.83. The molecule has 1 aliphatic rings. The number of aromatic amines is 1. The van der Waals surface area contributed by atoms with Crippen LogP contribution in [0.4, 0.5) is 0 Å². The molecule has 1 aromatic heterocycles. The molecule has 1 aliphatic heterocycles. The Labute approximate surface area is 125 Å². The van der Waals surface area contributed by atoms with Crippen LogP contribution in [0.15, 0.2) is 30.5 Å². The van der Waals surface area contributed by atoms with E-state index in [0.717, 1.165) is 32.5 Å². The number of carbonyl (C=O) groups is 1. The number of likely N-dealkylation sites (N-methyl/N-ethyl adjacent to an activating group) is 1. The van der Waals surface area contributed by atoms with Crippen LogP contribution in [0.2, 0.25) is 0 Å². The summed E-state index contributed by atoms with van der Waals surface area (Å²) in [7, 11) is 1.91. The number of rotatable bonds is 4. The monoisotopic (exact) mass is 285 g/mol. The predicted octanol–water partition coefficient (Wildman–Crippen LogP) is 2.26. The van der Waals surface area contributed by atoms with E-state index in [4.69, 9.17) is 0 Å². The van der Waals surface area contributed by atoms with Crippen LogP contribution >= 0.6 is 0 Å². The maximum absolute atomic E-state index is 11.4. The molecule has 0 aliphatic carbocycles. The summed E-state index contributed by atoms with van der Waals surface area (Å²) in [6.45, 7) is 4.79. The normalized spacial score (nSPS) is 19.2. The van der Waals surface area contributed by atoms with Gasteiger partial charge in [0.2, 0.25) is 5.91 Å². The summed E-state index contributed by atoms with van der Waals surface area (Å²) in [5.41, 5.74) is 2.59. The van der Waals surface area contributed by atoms with Crippen LogP contribution in [0.5, 0.6) is 0 Å². The van der Waals surface area contributed by atoms with E-state index in [2.05, 4.69) is 40.3 Å². The molecule has 21 heavy (non-hydrogen) atoms. The largest absolute Gasteiger partial charge is 0.361 e. The Morgan fingerprint density at radius 1 is 1.43 bits per heavy atom. The van der Waals surface area contributed by atoms with Gasteiger partial charge in [-0.15, -0.1) is 0 Å². The number of nitrogens with zero attached hydrogens (tertiary/aromatic N) is 2. The molecular formula is C17H23N3O. The first kappa shape index (κ1) is 14.1. The van der Waals surface area contributed by atoms with Crippen molar-refractivity contribution >= 4 is 16.8 Å². The van der Waals surface area contributed by atoms with Crippen molar-refractivity contribution in [2.24, 2.45) is 0 Å². The highest BCUT2D eigenvalue weighted by Gasteiger charge is 2.26.